The summed E-state index contributed by atoms with van der Waals surface area (Å²) in [5.41, 5.74) is 4.48. The first-order valence-corrected chi connectivity index (χ1v) is 7.25. The van der Waals surface area contributed by atoms with Gasteiger partial charge in [0.2, 0.25) is 0 Å². The lowest BCUT2D eigenvalue weighted by atomic mass is 10.2. The van der Waals surface area contributed by atoms with Gasteiger partial charge in [-0.25, -0.2) is 4.98 Å². The molecule has 0 aliphatic carbocycles. The molecule has 3 rings (SSSR count). The first-order chi connectivity index (χ1) is 8.72. The summed E-state index contributed by atoms with van der Waals surface area (Å²) in [6.07, 6.45) is 2.45. The minimum absolute atomic E-state index is 0.445. The number of thiazole rings is 1. The second-order valence-electron chi connectivity index (χ2n) is 4.90. The minimum Gasteiger partial charge on any atom is -0.309 e. The van der Waals surface area contributed by atoms with E-state index in [4.69, 9.17) is 4.98 Å². The van der Waals surface area contributed by atoms with Crippen molar-refractivity contribution < 1.29 is 0 Å². The fourth-order valence-corrected chi connectivity index (χ4v) is 3.28. The number of aryl methyl sites for hydroxylation is 2. The van der Waals surface area contributed by atoms with Gasteiger partial charge in [-0.05, 0) is 50.9 Å². The zero-order valence-corrected chi connectivity index (χ0v) is 11.5. The van der Waals surface area contributed by atoms with E-state index < -0.39 is 0 Å². The zero-order valence-electron chi connectivity index (χ0n) is 10.7. The van der Waals surface area contributed by atoms with Crippen LogP contribution in [0.3, 0.4) is 0 Å². The molecule has 3 nitrogen and oxygen atoms in total. The average Bonchev–Trinajstić information content (AvgIpc) is 2.99. The van der Waals surface area contributed by atoms with E-state index in [0.717, 1.165) is 22.9 Å². The predicted octanol–water partition coefficient (Wildman–Crippen LogP) is 3.25. The number of nitrogens with one attached hydrogen (secondary N) is 1. The summed E-state index contributed by atoms with van der Waals surface area (Å²) >= 11 is 1.69. The Balaban J connectivity index is 1.92. The number of aromatic nitrogens is 2. The van der Waals surface area contributed by atoms with Crippen molar-refractivity contribution in [1.82, 2.24) is 15.3 Å². The SMILES string of the molecule is Cc1cc(C)nc(-c2nc(C3CCCN3)cs2)c1. The van der Waals surface area contributed by atoms with Crippen molar-refractivity contribution in [2.45, 2.75) is 32.7 Å². The molecule has 4 heteroatoms. The highest BCUT2D eigenvalue weighted by Gasteiger charge is 2.19. The fraction of sp³-hybridized carbons (Fsp3) is 0.429. The van der Waals surface area contributed by atoms with Crippen LogP contribution in [0.4, 0.5) is 0 Å². The topological polar surface area (TPSA) is 37.8 Å². The molecular weight excluding hydrogens is 242 g/mol. The van der Waals surface area contributed by atoms with E-state index in [9.17, 15) is 0 Å². The number of nitrogens with zero attached hydrogens (tertiary/aromatic N) is 2. The smallest absolute Gasteiger partial charge is 0.142 e. The summed E-state index contributed by atoms with van der Waals surface area (Å²) in [5, 5.41) is 6.68. The standard InChI is InChI=1S/C14H17N3S/c1-9-6-10(2)16-12(7-9)14-17-13(8-18-14)11-4-3-5-15-11/h6-8,11,15H,3-5H2,1-2H3. The van der Waals surface area contributed by atoms with Crippen molar-refractivity contribution in [2.24, 2.45) is 0 Å². The van der Waals surface area contributed by atoms with Crippen LogP contribution < -0.4 is 5.32 Å². The van der Waals surface area contributed by atoms with Gasteiger partial charge < -0.3 is 5.32 Å². The molecule has 0 radical (unpaired) electrons. The van der Waals surface area contributed by atoms with Gasteiger partial charge in [-0.15, -0.1) is 11.3 Å². The average molecular weight is 259 g/mol. The second kappa shape index (κ2) is 4.78. The maximum Gasteiger partial charge on any atom is 0.142 e. The molecule has 2 aromatic heterocycles. The molecule has 0 amide bonds. The van der Waals surface area contributed by atoms with E-state index >= 15 is 0 Å². The molecule has 0 saturated carbocycles. The van der Waals surface area contributed by atoms with Crippen molar-refractivity contribution in [3.63, 3.8) is 0 Å². The van der Waals surface area contributed by atoms with Crippen LogP contribution in [0.2, 0.25) is 0 Å². The molecule has 1 aliphatic heterocycles. The monoisotopic (exact) mass is 259 g/mol. The first-order valence-electron chi connectivity index (χ1n) is 6.37. The van der Waals surface area contributed by atoms with Crippen molar-refractivity contribution in [3.8, 4) is 10.7 Å². The van der Waals surface area contributed by atoms with Gasteiger partial charge in [-0.1, -0.05) is 0 Å². The highest BCUT2D eigenvalue weighted by Crippen LogP contribution is 2.29. The van der Waals surface area contributed by atoms with Crippen molar-refractivity contribution in [3.05, 3.63) is 34.5 Å². The summed E-state index contributed by atoms with van der Waals surface area (Å²) in [6.45, 7) is 5.24. The number of rotatable bonds is 2. The van der Waals surface area contributed by atoms with E-state index in [1.165, 1.54) is 24.1 Å². The van der Waals surface area contributed by atoms with E-state index in [1.54, 1.807) is 11.3 Å². The quantitative estimate of drug-likeness (QED) is 0.899. The third kappa shape index (κ3) is 2.31. The third-order valence-electron chi connectivity index (χ3n) is 3.26. The number of hydrogen-bond donors (Lipinski definition) is 1. The van der Waals surface area contributed by atoms with Gasteiger partial charge in [0.15, 0.2) is 0 Å². The lowest BCUT2D eigenvalue weighted by molar-refractivity contribution is 0.632. The summed E-state index contributed by atoms with van der Waals surface area (Å²) < 4.78 is 0. The van der Waals surface area contributed by atoms with Gasteiger partial charge in [-0.2, -0.15) is 0 Å². The van der Waals surface area contributed by atoms with Gasteiger partial charge in [-0.3, -0.25) is 4.98 Å². The molecule has 1 unspecified atom stereocenters. The number of pyridine rings is 1. The Morgan fingerprint density at radius 1 is 1.28 bits per heavy atom. The lowest BCUT2D eigenvalue weighted by Crippen LogP contribution is -2.12. The molecule has 94 valence electrons. The molecule has 18 heavy (non-hydrogen) atoms. The van der Waals surface area contributed by atoms with E-state index in [0.29, 0.717) is 6.04 Å². The van der Waals surface area contributed by atoms with Gasteiger partial charge in [0.25, 0.3) is 0 Å². The van der Waals surface area contributed by atoms with E-state index in [-0.39, 0.29) is 0 Å². The normalized spacial score (nSPS) is 19.3. The van der Waals surface area contributed by atoms with Crippen molar-refractivity contribution in [1.29, 1.82) is 0 Å². The van der Waals surface area contributed by atoms with Crippen LogP contribution in [0.15, 0.2) is 17.5 Å². The van der Waals surface area contributed by atoms with Crippen molar-refractivity contribution >= 4 is 11.3 Å². The molecule has 3 heterocycles. The molecule has 1 aliphatic rings. The van der Waals surface area contributed by atoms with Crippen LogP contribution in [0.1, 0.15) is 35.8 Å². The van der Waals surface area contributed by atoms with Crippen LogP contribution in [0.5, 0.6) is 0 Å². The van der Waals surface area contributed by atoms with Crippen LogP contribution in [0.25, 0.3) is 10.7 Å². The highest BCUT2D eigenvalue weighted by atomic mass is 32.1. The van der Waals surface area contributed by atoms with Crippen LogP contribution in [-0.2, 0) is 0 Å². The Morgan fingerprint density at radius 2 is 2.17 bits per heavy atom. The van der Waals surface area contributed by atoms with Crippen LogP contribution in [-0.4, -0.2) is 16.5 Å². The highest BCUT2D eigenvalue weighted by molar-refractivity contribution is 7.13. The Kier molecular flexibility index (Phi) is 3.14. The maximum atomic E-state index is 4.74. The van der Waals surface area contributed by atoms with Crippen LogP contribution >= 0.6 is 11.3 Å². The van der Waals surface area contributed by atoms with Gasteiger partial charge in [0.1, 0.15) is 5.01 Å². The maximum absolute atomic E-state index is 4.74. The van der Waals surface area contributed by atoms with E-state index in [1.807, 2.05) is 6.92 Å². The summed E-state index contributed by atoms with van der Waals surface area (Å²) in [7, 11) is 0. The summed E-state index contributed by atoms with van der Waals surface area (Å²) in [6, 6.07) is 4.65. The second-order valence-corrected chi connectivity index (χ2v) is 5.76. The summed E-state index contributed by atoms with van der Waals surface area (Å²) in [4.78, 5) is 9.31. The van der Waals surface area contributed by atoms with Gasteiger partial charge in [0, 0.05) is 11.1 Å². The molecule has 0 bridgehead atoms. The Bertz CT molecular complexity index is 536. The summed E-state index contributed by atoms with van der Waals surface area (Å²) in [5.74, 6) is 0. The molecule has 2 aromatic rings. The van der Waals surface area contributed by atoms with E-state index in [2.05, 4.69) is 34.7 Å². The first kappa shape index (κ1) is 11.8. The molecular formula is C14H17N3S. The van der Waals surface area contributed by atoms with Gasteiger partial charge in [0.05, 0.1) is 17.4 Å². The zero-order chi connectivity index (χ0) is 12.5. The molecule has 1 fully saturated rings. The molecule has 0 spiro atoms. The minimum atomic E-state index is 0.445. The fourth-order valence-electron chi connectivity index (χ4n) is 2.45. The third-order valence-corrected chi connectivity index (χ3v) is 4.14. The number of hydrogen-bond acceptors (Lipinski definition) is 4. The van der Waals surface area contributed by atoms with Crippen molar-refractivity contribution in [2.75, 3.05) is 6.54 Å². The lowest BCUT2D eigenvalue weighted by Gasteiger charge is -2.05. The Hall–Kier alpha value is -1.26. The molecule has 1 saturated heterocycles. The molecule has 1 atom stereocenters. The predicted molar refractivity (Wildman–Crippen MR) is 74.8 cm³/mol. The van der Waals surface area contributed by atoms with Gasteiger partial charge >= 0.3 is 0 Å². The Labute approximate surface area is 111 Å². The van der Waals surface area contributed by atoms with Crippen LogP contribution in [0, 0.1) is 13.8 Å². The molecule has 0 aromatic carbocycles. The largest absolute Gasteiger partial charge is 0.309 e. The molecule has 1 N–H and O–H groups in total. The Morgan fingerprint density at radius 3 is 2.89 bits per heavy atom.